The zero-order chi connectivity index (χ0) is 26.5. The van der Waals surface area contributed by atoms with E-state index in [0.717, 1.165) is 10.5 Å². The van der Waals surface area contributed by atoms with Gasteiger partial charge in [-0.05, 0) is 73.1 Å². The molecule has 1 heterocycles. The molecule has 0 aliphatic carbocycles. The molecule has 10 heteroatoms. The number of anilines is 1. The fraction of sp³-hybridized carbons (Fsp3) is 0.185. The highest BCUT2D eigenvalue weighted by Gasteiger charge is 2.39. The van der Waals surface area contributed by atoms with Crippen LogP contribution in [0.5, 0.6) is 0 Å². The summed E-state index contributed by atoms with van der Waals surface area (Å²) in [7, 11) is 0. The van der Waals surface area contributed by atoms with E-state index >= 15 is 0 Å². The number of ketones is 1. The molecule has 2 amide bonds. The molecule has 1 aliphatic heterocycles. The van der Waals surface area contributed by atoms with Gasteiger partial charge in [-0.3, -0.25) is 14.4 Å². The van der Waals surface area contributed by atoms with Gasteiger partial charge in [-0.25, -0.2) is 9.69 Å². The minimum Gasteiger partial charge on any atom is -0.454 e. The van der Waals surface area contributed by atoms with Gasteiger partial charge < -0.3 is 10.1 Å². The zero-order valence-electron chi connectivity index (χ0n) is 19.4. The highest BCUT2D eigenvalue weighted by atomic mass is 35.5. The fourth-order valence-corrected chi connectivity index (χ4v) is 4.37. The molecule has 0 saturated carbocycles. The number of carbonyl (C=O) groups is 4. The van der Waals surface area contributed by atoms with Crippen LogP contribution in [0.3, 0.4) is 0 Å². The van der Waals surface area contributed by atoms with Crippen LogP contribution in [0, 0.1) is 0 Å². The number of amides is 2. The van der Waals surface area contributed by atoms with Crippen LogP contribution in [-0.4, -0.2) is 42.8 Å². The van der Waals surface area contributed by atoms with Crippen LogP contribution < -0.4 is 10.2 Å². The number of hydrogen-bond donors (Lipinski definition) is 1. The average Bonchev–Trinajstić information content (AvgIpc) is 3.16. The number of nitrogens with zero attached hydrogens (tertiary/aromatic N) is 1. The number of hydrogen-bond acceptors (Lipinski definition) is 6. The van der Waals surface area contributed by atoms with E-state index in [1.54, 1.807) is 6.07 Å². The molecule has 3 aromatic rings. The lowest BCUT2D eigenvalue weighted by molar-refractivity contribution is -0.121. The maximum Gasteiger partial charge on any atom is 0.338 e. The number of carbonyl (C=O) groups excluding carboxylic acids is 4. The smallest absolute Gasteiger partial charge is 0.338 e. The van der Waals surface area contributed by atoms with Crippen LogP contribution >= 0.6 is 34.8 Å². The quantitative estimate of drug-likeness (QED) is 0.221. The van der Waals surface area contributed by atoms with Gasteiger partial charge in [0.2, 0.25) is 5.91 Å². The molecule has 0 bridgehead atoms. The third kappa shape index (κ3) is 6.56. The second-order valence-corrected chi connectivity index (χ2v) is 9.58. The summed E-state index contributed by atoms with van der Waals surface area (Å²) < 4.78 is 5.10. The van der Waals surface area contributed by atoms with Gasteiger partial charge in [-0.15, -0.1) is 0 Å². The summed E-state index contributed by atoms with van der Waals surface area (Å²) >= 11 is 17.8. The van der Waals surface area contributed by atoms with E-state index in [9.17, 15) is 19.2 Å². The molecule has 1 aliphatic rings. The Labute approximate surface area is 228 Å². The Kier molecular flexibility index (Phi) is 8.61. The molecule has 7 nitrogen and oxygen atoms in total. The zero-order valence-corrected chi connectivity index (χ0v) is 21.6. The van der Waals surface area contributed by atoms with Crippen molar-refractivity contribution in [1.29, 1.82) is 0 Å². The Morgan fingerprint density at radius 1 is 0.919 bits per heavy atom. The second kappa shape index (κ2) is 11.9. The molecule has 1 N–H and O–H groups in total. The van der Waals surface area contributed by atoms with Gasteiger partial charge in [-0.1, -0.05) is 46.9 Å². The first-order valence-corrected chi connectivity index (χ1v) is 12.5. The molecule has 190 valence electrons. The summed E-state index contributed by atoms with van der Waals surface area (Å²) in [6.07, 6.45) is 0.692. The molecular weight excluding hydrogens is 539 g/mol. The first kappa shape index (κ1) is 26.8. The molecule has 1 atom stereocenters. The van der Waals surface area contributed by atoms with Crippen molar-refractivity contribution in [1.82, 2.24) is 5.32 Å². The fourth-order valence-electron chi connectivity index (χ4n) is 3.86. The summed E-state index contributed by atoms with van der Waals surface area (Å²) in [6, 6.07) is 17.0. The lowest BCUT2D eigenvalue weighted by Gasteiger charge is -2.16. The molecule has 0 radical (unpaired) electrons. The molecule has 3 aromatic carbocycles. The Morgan fingerprint density at radius 2 is 1.65 bits per heavy atom. The number of rotatable bonds is 9. The van der Waals surface area contributed by atoms with E-state index in [0.29, 0.717) is 28.7 Å². The average molecular weight is 560 g/mol. The van der Waals surface area contributed by atoms with E-state index in [1.165, 1.54) is 42.5 Å². The van der Waals surface area contributed by atoms with Crippen LogP contribution in [0.2, 0.25) is 15.1 Å². The van der Waals surface area contributed by atoms with Crippen molar-refractivity contribution in [3.8, 4) is 0 Å². The summed E-state index contributed by atoms with van der Waals surface area (Å²) in [5, 5.41) is 4.30. The van der Waals surface area contributed by atoms with Crippen LogP contribution in [0.25, 0.3) is 0 Å². The van der Waals surface area contributed by atoms with Crippen molar-refractivity contribution < 1.29 is 23.9 Å². The number of nitrogens with one attached hydrogen (secondary N) is 1. The van der Waals surface area contributed by atoms with Crippen molar-refractivity contribution in [3.63, 3.8) is 0 Å². The second-order valence-electron chi connectivity index (χ2n) is 8.33. The first-order chi connectivity index (χ1) is 17.7. The van der Waals surface area contributed by atoms with E-state index in [1.807, 2.05) is 18.2 Å². The maximum absolute atomic E-state index is 12.9. The molecule has 4 rings (SSSR count). The molecular formula is C27H21Cl3N2O5. The summed E-state index contributed by atoms with van der Waals surface area (Å²) in [6.45, 7) is 0.0216. The van der Waals surface area contributed by atoms with Crippen LogP contribution in [0.15, 0.2) is 66.7 Å². The largest absolute Gasteiger partial charge is 0.454 e. The number of halogens is 3. The van der Waals surface area contributed by atoms with Crippen molar-refractivity contribution in [2.45, 2.75) is 18.9 Å². The number of imide groups is 1. The summed E-state index contributed by atoms with van der Waals surface area (Å²) in [5.41, 5.74) is 1.80. The predicted octanol–water partition coefficient (Wildman–Crippen LogP) is 5.15. The van der Waals surface area contributed by atoms with Gasteiger partial charge in [0.25, 0.3) is 5.91 Å². The monoisotopic (exact) mass is 558 g/mol. The molecule has 0 aromatic heterocycles. The van der Waals surface area contributed by atoms with Gasteiger partial charge >= 0.3 is 5.97 Å². The van der Waals surface area contributed by atoms with Gasteiger partial charge in [0.15, 0.2) is 12.4 Å². The molecule has 1 unspecified atom stereocenters. The Balaban J connectivity index is 1.31. The van der Waals surface area contributed by atoms with Gasteiger partial charge in [0.1, 0.15) is 0 Å². The number of benzene rings is 3. The highest BCUT2D eigenvalue weighted by Crippen LogP contribution is 2.25. The molecule has 37 heavy (non-hydrogen) atoms. The lowest BCUT2D eigenvalue weighted by Crippen LogP contribution is -2.39. The van der Waals surface area contributed by atoms with E-state index < -0.39 is 24.4 Å². The van der Waals surface area contributed by atoms with E-state index in [-0.39, 0.29) is 34.4 Å². The summed E-state index contributed by atoms with van der Waals surface area (Å²) in [5.74, 6) is -1.86. The SMILES string of the molecule is O=C(COC(=O)c1ccc(N2C(=O)CC(NCCc3cccc(Cl)c3)C2=O)cc1)c1ccc(Cl)c(Cl)c1. The molecule has 1 saturated heterocycles. The van der Waals surface area contributed by atoms with E-state index in [2.05, 4.69) is 5.32 Å². The maximum atomic E-state index is 12.9. The van der Waals surface area contributed by atoms with Crippen LogP contribution in [-0.2, 0) is 20.7 Å². The van der Waals surface area contributed by atoms with Crippen molar-refractivity contribution in [2.24, 2.45) is 0 Å². The minimum absolute atomic E-state index is 0.0367. The lowest BCUT2D eigenvalue weighted by atomic mass is 10.1. The Bertz CT molecular complexity index is 1360. The Morgan fingerprint density at radius 3 is 2.35 bits per heavy atom. The molecule has 1 fully saturated rings. The van der Waals surface area contributed by atoms with Gasteiger partial charge in [0, 0.05) is 10.6 Å². The predicted molar refractivity (Wildman–Crippen MR) is 142 cm³/mol. The minimum atomic E-state index is -0.723. The number of ether oxygens (including phenoxy) is 1. The van der Waals surface area contributed by atoms with Crippen molar-refractivity contribution in [2.75, 3.05) is 18.1 Å². The normalized spacial score (nSPS) is 15.2. The van der Waals surface area contributed by atoms with Gasteiger partial charge in [-0.2, -0.15) is 0 Å². The van der Waals surface area contributed by atoms with Crippen molar-refractivity contribution >= 4 is 64.1 Å². The summed E-state index contributed by atoms with van der Waals surface area (Å²) in [4.78, 5) is 51.2. The van der Waals surface area contributed by atoms with Gasteiger partial charge in [0.05, 0.1) is 33.8 Å². The van der Waals surface area contributed by atoms with Crippen LogP contribution in [0.1, 0.15) is 32.7 Å². The van der Waals surface area contributed by atoms with E-state index in [4.69, 9.17) is 39.5 Å². The topological polar surface area (TPSA) is 92.8 Å². The molecule has 0 spiro atoms. The van der Waals surface area contributed by atoms with Crippen LogP contribution in [0.4, 0.5) is 5.69 Å². The number of Topliss-reactive ketones (excluding diaryl/α,β-unsaturated/α-hetero) is 1. The Hall–Kier alpha value is -3.23. The number of esters is 1. The third-order valence-electron chi connectivity index (χ3n) is 5.78. The third-order valence-corrected chi connectivity index (χ3v) is 6.75. The first-order valence-electron chi connectivity index (χ1n) is 11.3. The standard InChI is InChI=1S/C27H21Cl3N2O5/c28-19-3-1-2-16(12-19)10-11-31-23-14-25(34)32(26(23)35)20-7-4-17(5-8-20)27(36)37-15-24(33)18-6-9-21(29)22(30)13-18/h1-9,12-13,23,31H,10-11,14-15H2. The highest BCUT2D eigenvalue weighted by molar-refractivity contribution is 6.42. The van der Waals surface area contributed by atoms with Crippen molar-refractivity contribution in [3.05, 3.63) is 98.5 Å².